The number of nitrogens with one attached hydrogen (secondary N) is 5. The Labute approximate surface area is 233 Å². The third-order valence-corrected chi connectivity index (χ3v) is 6.59. The summed E-state index contributed by atoms with van der Waals surface area (Å²) in [4.78, 5) is 97.0. The van der Waals surface area contributed by atoms with E-state index in [-0.39, 0.29) is 19.5 Å². The van der Waals surface area contributed by atoms with E-state index in [1.807, 2.05) is 0 Å². The van der Waals surface area contributed by atoms with Crippen LogP contribution in [0.1, 0.15) is 5.56 Å². The normalized spacial score (nSPS) is 18.8. The third kappa shape index (κ3) is 7.17. The molecule has 2 atom stereocenters. The minimum absolute atomic E-state index is 0.0888. The summed E-state index contributed by atoms with van der Waals surface area (Å²) in [6.07, 6.45) is 2.17. The lowest BCUT2D eigenvalue weighted by Crippen LogP contribution is -2.56. The number of carboxylic acids is 1. The third-order valence-electron chi connectivity index (χ3n) is 6.59. The van der Waals surface area contributed by atoms with Gasteiger partial charge in [-0.1, -0.05) is 30.3 Å². The van der Waals surface area contributed by atoms with E-state index >= 15 is 0 Å². The average molecular weight is 573 g/mol. The molecular weight excluding hydrogens is 542 g/mol. The Hall–Kier alpha value is -4.96. The molecule has 1 saturated heterocycles. The van der Waals surface area contributed by atoms with Crippen molar-refractivity contribution in [1.29, 1.82) is 0 Å². The molecule has 1 aromatic rings. The molecule has 16 nitrogen and oxygen atoms in total. The fourth-order valence-electron chi connectivity index (χ4n) is 4.50. The predicted octanol–water partition coefficient (Wildman–Crippen LogP) is -4.59. The Morgan fingerprint density at radius 2 is 1.51 bits per heavy atom. The highest BCUT2D eigenvalue weighted by atomic mass is 16.4. The molecule has 0 aliphatic carbocycles. The first-order valence-electron chi connectivity index (χ1n) is 12.4. The molecular formula is C25H30N7O9+. The zero-order chi connectivity index (χ0) is 30.2. The van der Waals surface area contributed by atoms with E-state index in [9.17, 15) is 38.4 Å². The summed E-state index contributed by atoms with van der Waals surface area (Å²) in [6.45, 7) is -2.65. The molecule has 16 heteroatoms. The monoisotopic (exact) mass is 572 g/mol. The van der Waals surface area contributed by atoms with E-state index in [1.54, 1.807) is 30.3 Å². The molecule has 218 valence electrons. The summed E-state index contributed by atoms with van der Waals surface area (Å²) in [5, 5.41) is 20.8. The Bertz CT molecular complexity index is 1280. The first kappa shape index (κ1) is 30.6. The van der Waals surface area contributed by atoms with Crippen molar-refractivity contribution in [2.24, 2.45) is 5.73 Å². The van der Waals surface area contributed by atoms with Crippen LogP contribution in [-0.4, -0.2) is 108 Å². The van der Waals surface area contributed by atoms with Gasteiger partial charge in [0.1, 0.15) is 6.04 Å². The van der Waals surface area contributed by atoms with Gasteiger partial charge in [0.05, 0.1) is 44.9 Å². The molecule has 0 unspecified atom stereocenters. The predicted molar refractivity (Wildman–Crippen MR) is 138 cm³/mol. The van der Waals surface area contributed by atoms with Gasteiger partial charge in [0, 0.05) is 6.42 Å². The van der Waals surface area contributed by atoms with Crippen LogP contribution in [0.15, 0.2) is 42.5 Å². The Morgan fingerprint density at radius 3 is 2.12 bits per heavy atom. The number of amides is 7. The smallest absolute Gasteiger partial charge is 0.347 e. The molecule has 7 amide bonds. The Balaban J connectivity index is 1.54. The molecule has 0 radical (unpaired) electrons. The number of carbonyl (C=O) groups excluding carboxylic acids is 7. The number of carbonyl (C=O) groups is 8. The van der Waals surface area contributed by atoms with E-state index in [2.05, 4.69) is 26.6 Å². The van der Waals surface area contributed by atoms with Crippen molar-refractivity contribution in [3.63, 3.8) is 0 Å². The quantitative estimate of drug-likeness (QED) is 0.0602. The van der Waals surface area contributed by atoms with Crippen molar-refractivity contribution in [3.05, 3.63) is 48.0 Å². The van der Waals surface area contributed by atoms with Crippen LogP contribution >= 0.6 is 0 Å². The summed E-state index contributed by atoms with van der Waals surface area (Å²) < 4.78 is -0.837. The lowest BCUT2D eigenvalue weighted by molar-refractivity contribution is -0.655. The average Bonchev–Trinajstić information content (AvgIpc) is 3.54. The molecule has 1 aromatic carbocycles. The molecule has 2 heterocycles. The van der Waals surface area contributed by atoms with E-state index < -0.39 is 89.6 Å². The van der Waals surface area contributed by atoms with Crippen LogP contribution in [0, 0.1) is 0 Å². The van der Waals surface area contributed by atoms with Crippen LogP contribution in [0.2, 0.25) is 0 Å². The summed E-state index contributed by atoms with van der Waals surface area (Å²) >= 11 is 0. The number of nitrogens with zero attached hydrogens (tertiary/aromatic N) is 1. The number of hydrogen-bond acceptors (Lipinski definition) is 9. The Kier molecular flexibility index (Phi) is 9.64. The van der Waals surface area contributed by atoms with E-state index in [0.717, 1.165) is 17.7 Å². The van der Waals surface area contributed by atoms with Gasteiger partial charge in [-0.2, -0.15) is 4.48 Å². The van der Waals surface area contributed by atoms with Gasteiger partial charge in [0.15, 0.2) is 6.54 Å². The van der Waals surface area contributed by atoms with Crippen LogP contribution in [0.25, 0.3) is 0 Å². The van der Waals surface area contributed by atoms with Gasteiger partial charge < -0.3 is 37.4 Å². The van der Waals surface area contributed by atoms with Crippen molar-refractivity contribution in [1.82, 2.24) is 26.6 Å². The molecule has 1 fully saturated rings. The largest absolute Gasteiger partial charge is 0.480 e. The van der Waals surface area contributed by atoms with Gasteiger partial charge in [-0.05, 0) is 5.56 Å². The molecule has 0 aromatic heterocycles. The summed E-state index contributed by atoms with van der Waals surface area (Å²) in [5.74, 6) is -6.26. The van der Waals surface area contributed by atoms with E-state index in [4.69, 9.17) is 10.8 Å². The van der Waals surface area contributed by atoms with Gasteiger partial charge in [0.25, 0.3) is 11.4 Å². The maximum absolute atomic E-state index is 13.0. The molecule has 3 rings (SSSR count). The molecule has 41 heavy (non-hydrogen) atoms. The molecule has 0 bridgehead atoms. The van der Waals surface area contributed by atoms with Crippen LogP contribution in [-0.2, 0) is 44.8 Å². The highest BCUT2D eigenvalue weighted by Gasteiger charge is 2.82. The number of aliphatic carboxylic acids is 1. The summed E-state index contributed by atoms with van der Waals surface area (Å²) in [5.41, 5.74) is 4.14. The van der Waals surface area contributed by atoms with Crippen LogP contribution in [0.4, 0.5) is 0 Å². The summed E-state index contributed by atoms with van der Waals surface area (Å²) in [6, 6.07) is 7.65. The van der Waals surface area contributed by atoms with Crippen molar-refractivity contribution < 1.29 is 47.9 Å². The maximum Gasteiger partial charge on any atom is 0.347 e. The van der Waals surface area contributed by atoms with Gasteiger partial charge >= 0.3 is 17.8 Å². The number of imide groups is 1. The minimum atomic E-state index is -1.63. The standard InChI is InChI=1S/C25H29N7O9/c26-17(33)9-29-23(40)16(8-15-4-2-1-3-5-15)31-19(35)11-28-18(34)10-30-24(41)25(13-27-12-22(38)39)14-32(25)20(36)6-7-21(32)37/h1-7,16,27H,8-14H2,(H6-,26,28,29,30,31,33,34,35,38,39,40,41)/p+1/t16-,25+/m0/s1. The lowest BCUT2D eigenvalue weighted by atomic mass is 10.1. The minimum Gasteiger partial charge on any atom is -0.480 e. The van der Waals surface area contributed by atoms with Gasteiger partial charge in [0.2, 0.25) is 23.6 Å². The zero-order valence-electron chi connectivity index (χ0n) is 21.8. The molecule has 2 aliphatic rings. The first-order valence-corrected chi connectivity index (χ1v) is 12.4. The second-order valence-corrected chi connectivity index (χ2v) is 9.46. The highest BCUT2D eigenvalue weighted by molar-refractivity contribution is 6.10. The summed E-state index contributed by atoms with van der Waals surface area (Å²) in [7, 11) is 0. The number of primary amides is 1. The number of quaternary nitrogens is 1. The van der Waals surface area contributed by atoms with Gasteiger partial charge in [-0.25, -0.2) is 9.59 Å². The highest BCUT2D eigenvalue weighted by Crippen LogP contribution is 2.46. The second kappa shape index (κ2) is 12.9. The van der Waals surface area contributed by atoms with Gasteiger partial charge in [-0.15, -0.1) is 0 Å². The number of carboxylic acid groups (broad SMARTS) is 1. The van der Waals surface area contributed by atoms with Crippen molar-refractivity contribution in [2.75, 3.05) is 39.3 Å². The van der Waals surface area contributed by atoms with Crippen LogP contribution in [0.5, 0.6) is 0 Å². The number of hydrogen-bond donors (Lipinski definition) is 7. The fraction of sp³-hybridized carbons (Fsp3) is 0.360. The lowest BCUT2D eigenvalue weighted by Gasteiger charge is -2.19. The van der Waals surface area contributed by atoms with E-state index in [0.29, 0.717) is 0 Å². The second-order valence-electron chi connectivity index (χ2n) is 9.46. The van der Waals surface area contributed by atoms with E-state index in [1.165, 1.54) is 0 Å². The molecule has 0 saturated carbocycles. The Morgan fingerprint density at radius 1 is 0.878 bits per heavy atom. The number of nitrogens with two attached hydrogens (primary N) is 1. The van der Waals surface area contributed by atoms with Crippen LogP contribution in [0.3, 0.4) is 0 Å². The number of rotatable bonds is 15. The number of benzene rings is 1. The zero-order valence-corrected chi connectivity index (χ0v) is 21.8. The first-order chi connectivity index (χ1) is 19.4. The van der Waals surface area contributed by atoms with Crippen molar-refractivity contribution in [2.45, 2.75) is 18.0 Å². The van der Waals surface area contributed by atoms with Crippen molar-refractivity contribution >= 4 is 47.3 Å². The molecule has 2 aliphatic heterocycles. The SMILES string of the molecule is NC(=O)CNC(=O)[C@H](Cc1ccccc1)NC(=O)CNC(=O)CNC(=O)[C@@]1(CNCC(=O)O)C[N+]12C(=O)C=CC2=O. The van der Waals surface area contributed by atoms with Crippen molar-refractivity contribution in [3.8, 4) is 0 Å². The molecule has 8 N–H and O–H groups in total. The topological polar surface area (TPSA) is 243 Å². The van der Waals surface area contributed by atoms with Gasteiger partial charge in [-0.3, -0.25) is 28.8 Å². The molecule has 1 spiro atoms. The van der Waals surface area contributed by atoms with Crippen LogP contribution < -0.4 is 32.3 Å². The maximum atomic E-state index is 13.0. The fourth-order valence-corrected chi connectivity index (χ4v) is 4.50.